The predicted octanol–water partition coefficient (Wildman–Crippen LogP) is 7.20. The van der Waals surface area contributed by atoms with E-state index in [9.17, 15) is 9.13 Å². The Kier molecular flexibility index (Phi) is 5.57. The number of hydrogen-bond donors (Lipinski definition) is 0. The van der Waals surface area contributed by atoms with E-state index < -0.39 is 19.7 Å². The molecule has 4 aromatic carbocycles. The molecule has 0 spiro atoms. The Balaban J connectivity index is 2.00. The minimum Gasteiger partial charge on any atom is -0.319 e. The quantitative estimate of drug-likeness (QED) is 0.242. The zero-order valence-corrected chi connectivity index (χ0v) is 22.3. The summed E-state index contributed by atoms with van der Waals surface area (Å²) in [6, 6.07) is 30.7. The molecule has 34 heavy (non-hydrogen) atoms. The summed E-state index contributed by atoms with van der Waals surface area (Å²) in [5.41, 5.74) is 5.82. The molecule has 0 amide bonds. The summed E-state index contributed by atoms with van der Waals surface area (Å²) in [5, 5.41) is 2.35. The molecule has 0 atom stereocenters. The second kappa shape index (κ2) is 8.10. The molecule has 0 N–H and O–H groups in total. The van der Waals surface area contributed by atoms with Crippen molar-refractivity contribution < 1.29 is 9.13 Å². The van der Waals surface area contributed by atoms with Gasteiger partial charge in [0.1, 0.15) is 14.3 Å². The molecule has 0 bridgehead atoms. The first-order valence-corrected chi connectivity index (χ1v) is 16.8. The first-order valence-electron chi connectivity index (χ1n) is 11.2. The molecular formula is C29H27ClO2P2. The summed E-state index contributed by atoms with van der Waals surface area (Å²) in [7, 11) is -5.00. The topological polar surface area (TPSA) is 34.1 Å². The normalized spacial score (nSPS) is 14.5. The SMILES string of the molecule is CP(C)(=O)c1ccc2c(c1)C(c1ccccc1)(c1cccc(Cl)c1)c1cc(P(C)(C)=O)ccc1-2. The van der Waals surface area contributed by atoms with Crippen LogP contribution in [0.2, 0.25) is 5.02 Å². The van der Waals surface area contributed by atoms with Gasteiger partial charge in [0.25, 0.3) is 0 Å². The third kappa shape index (κ3) is 3.64. The summed E-state index contributed by atoms with van der Waals surface area (Å²) < 4.78 is 26.3. The first-order chi connectivity index (χ1) is 16.0. The molecule has 5 rings (SSSR count). The van der Waals surface area contributed by atoms with Crippen molar-refractivity contribution in [2.45, 2.75) is 5.41 Å². The van der Waals surface area contributed by atoms with E-state index in [-0.39, 0.29) is 0 Å². The highest BCUT2D eigenvalue weighted by molar-refractivity contribution is 7.70. The van der Waals surface area contributed by atoms with Crippen molar-refractivity contribution in [2.24, 2.45) is 0 Å². The third-order valence-corrected chi connectivity index (χ3v) is 10.1. The Morgan fingerprint density at radius 2 is 1.09 bits per heavy atom. The molecule has 1 aliphatic rings. The van der Waals surface area contributed by atoms with Gasteiger partial charge in [-0.05, 0) is 84.3 Å². The van der Waals surface area contributed by atoms with Crippen LogP contribution in [0.4, 0.5) is 0 Å². The summed E-state index contributed by atoms with van der Waals surface area (Å²) in [6.45, 7) is 7.23. The molecule has 0 heterocycles. The van der Waals surface area contributed by atoms with E-state index >= 15 is 0 Å². The smallest absolute Gasteiger partial charge is 0.109 e. The largest absolute Gasteiger partial charge is 0.319 e. The molecule has 4 aromatic rings. The lowest BCUT2D eigenvalue weighted by Crippen LogP contribution is -2.30. The molecule has 1 aliphatic carbocycles. The van der Waals surface area contributed by atoms with E-state index in [0.29, 0.717) is 5.02 Å². The number of halogens is 1. The molecule has 0 aliphatic heterocycles. The van der Waals surface area contributed by atoms with Crippen LogP contribution in [-0.2, 0) is 14.5 Å². The van der Waals surface area contributed by atoms with Crippen LogP contribution in [0.3, 0.4) is 0 Å². The number of fused-ring (bicyclic) bond motifs is 3. The van der Waals surface area contributed by atoms with Crippen LogP contribution in [0.25, 0.3) is 11.1 Å². The van der Waals surface area contributed by atoms with Crippen molar-refractivity contribution >= 4 is 36.5 Å². The predicted molar refractivity (Wildman–Crippen MR) is 147 cm³/mol. The van der Waals surface area contributed by atoms with Gasteiger partial charge >= 0.3 is 0 Å². The zero-order chi connectivity index (χ0) is 24.3. The van der Waals surface area contributed by atoms with E-state index in [1.54, 1.807) is 0 Å². The maximum absolute atomic E-state index is 13.2. The van der Waals surface area contributed by atoms with Gasteiger partial charge in [-0.2, -0.15) is 0 Å². The lowest BCUT2D eigenvalue weighted by molar-refractivity contribution is 0.587. The molecule has 172 valence electrons. The van der Waals surface area contributed by atoms with Gasteiger partial charge in [0.2, 0.25) is 0 Å². The molecule has 0 saturated heterocycles. The van der Waals surface area contributed by atoms with Gasteiger partial charge < -0.3 is 9.13 Å². The molecule has 0 aromatic heterocycles. The van der Waals surface area contributed by atoms with Gasteiger partial charge in [-0.25, -0.2) is 0 Å². The Bertz CT molecular complexity index is 1440. The monoisotopic (exact) mass is 504 g/mol. The van der Waals surface area contributed by atoms with Gasteiger partial charge in [0, 0.05) is 15.6 Å². The number of benzene rings is 4. The minimum absolute atomic E-state index is 0.656. The standard InChI is InChI=1S/C29H27ClO2P2/c1-33(2,31)23-13-15-25-26-16-14-24(34(3,4)32)19-28(26)29(27(25)18-23,20-9-6-5-7-10-20)21-11-8-12-22(30)17-21/h5-19H,1-4H3. The van der Waals surface area contributed by atoms with Crippen LogP contribution in [0.5, 0.6) is 0 Å². The van der Waals surface area contributed by atoms with Crippen LogP contribution < -0.4 is 10.6 Å². The van der Waals surface area contributed by atoms with E-state index in [2.05, 4.69) is 42.5 Å². The van der Waals surface area contributed by atoms with Crippen molar-refractivity contribution in [3.05, 3.63) is 118 Å². The molecule has 0 saturated carbocycles. The number of rotatable bonds is 4. The van der Waals surface area contributed by atoms with Gasteiger partial charge in [-0.3, -0.25) is 0 Å². The Labute approximate surface area is 206 Å². The third-order valence-electron chi connectivity index (χ3n) is 6.81. The van der Waals surface area contributed by atoms with Crippen LogP contribution in [0, 0.1) is 0 Å². The van der Waals surface area contributed by atoms with Crippen molar-refractivity contribution in [2.75, 3.05) is 26.7 Å². The Hall–Kier alpha value is -2.37. The van der Waals surface area contributed by atoms with Crippen LogP contribution in [0.1, 0.15) is 22.3 Å². The Morgan fingerprint density at radius 3 is 1.56 bits per heavy atom. The van der Waals surface area contributed by atoms with Crippen LogP contribution in [-0.4, -0.2) is 26.7 Å². The zero-order valence-electron chi connectivity index (χ0n) is 19.7. The summed E-state index contributed by atoms with van der Waals surface area (Å²) in [4.78, 5) is 0. The lowest BCUT2D eigenvalue weighted by Gasteiger charge is -2.34. The second-order valence-electron chi connectivity index (χ2n) is 9.79. The molecule has 0 fully saturated rings. The molecule has 0 unspecified atom stereocenters. The maximum Gasteiger partial charge on any atom is 0.109 e. The Morgan fingerprint density at radius 1 is 0.588 bits per heavy atom. The lowest BCUT2D eigenvalue weighted by atomic mass is 9.68. The first kappa shape index (κ1) is 23.4. The van der Waals surface area contributed by atoms with Crippen LogP contribution >= 0.6 is 25.9 Å². The van der Waals surface area contributed by atoms with Gasteiger partial charge in [0.05, 0.1) is 5.41 Å². The fourth-order valence-corrected chi connectivity index (χ4v) is 7.11. The highest BCUT2D eigenvalue weighted by Gasteiger charge is 2.47. The van der Waals surface area contributed by atoms with E-state index in [1.165, 1.54) is 0 Å². The molecule has 2 nitrogen and oxygen atoms in total. The molecule has 5 heteroatoms. The van der Waals surface area contributed by atoms with E-state index in [4.69, 9.17) is 11.6 Å². The van der Waals surface area contributed by atoms with Gasteiger partial charge in [-0.1, -0.05) is 78.3 Å². The second-order valence-corrected chi connectivity index (χ2v) is 16.7. The van der Waals surface area contributed by atoms with Crippen LogP contribution in [0.15, 0.2) is 91.0 Å². The van der Waals surface area contributed by atoms with Crippen molar-refractivity contribution in [1.29, 1.82) is 0 Å². The highest BCUT2D eigenvalue weighted by atomic mass is 35.5. The fraction of sp³-hybridized carbons (Fsp3) is 0.172. The average molecular weight is 505 g/mol. The average Bonchev–Trinajstić information content (AvgIpc) is 3.08. The van der Waals surface area contributed by atoms with Crippen molar-refractivity contribution in [1.82, 2.24) is 0 Å². The van der Waals surface area contributed by atoms with Crippen molar-refractivity contribution in [3.8, 4) is 11.1 Å². The summed E-state index contributed by atoms with van der Waals surface area (Å²) in [6.07, 6.45) is 0. The number of hydrogen-bond acceptors (Lipinski definition) is 2. The minimum atomic E-state index is -2.50. The van der Waals surface area contributed by atoms with E-state index in [0.717, 1.165) is 44.0 Å². The fourth-order valence-electron chi connectivity index (χ4n) is 5.17. The molecular weight excluding hydrogens is 478 g/mol. The van der Waals surface area contributed by atoms with Gasteiger partial charge in [-0.15, -0.1) is 0 Å². The van der Waals surface area contributed by atoms with Crippen molar-refractivity contribution in [3.63, 3.8) is 0 Å². The molecule has 0 radical (unpaired) electrons. The highest BCUT2D eigenvalue weighted by Crippen LogP contribution is 2.57. The summed E-state index contributed by atoms with van der Waals surface area (Å²) in [5.74, 6) is 0. The van der Waals surface area contributed by atoms with E-state index in [1.807, 2.05) is 75.2 Å². The van der Waals surface area contributed by atoms with Gasteiger partial charge in [0.15, 0.2) is 0 Å². The maximum atomic E-state index is 13.2. The summed E-state index contributed by atoms with van der Waals surface area (Å²) >= 11 is 6.55.